The van der Waals surface area contributed by atoms with E-state index in [0.29, 0.717) is 0 Å². The summed E-state index contributed by atoms with van der Waals surface area (Å²) in [5.41, 5.74) is -5.01. The smallest absolute Gasteiger partial charge is 0.431 e. The van der Waals surface area contributed by atoms with Gasteiger partial charge in [0, 0.05) is 25.3 Å². The largest absolute Gasteiger partial charge is 0.497 e. The van der Waals surface area contributed by atoms with Gasteiger partial charge in [0.1, 0.15) is 29.6 Å². The maximum absolute atomic E-state index is 14.4. The van der Waals surface area contributed by atoms with Gasteiger partial charge in [0.05, 0.1) is 17.8 Å². The van der Waals surface area contributed by atoms with Gasteiger partial charge >= 0.3 is 11.9 Å². The number of methoxy groups -OCH3 is 1. The van der Waals surface area contributed by atoms with Crippen molar-refractivity contribution in [2.45, 2.75) is 6.18 Å². The first-order valence-corrected chi connectivity index (χ1v) is 8.69. The lowest BCUT2D eigenvalue weighted by atomic mass is 10.2. The summed E-state index contributed by atoms with van der Waals surface area (Å²) in [6, 6.07) is 1.75. The average Bonchev–Trinajstić information content (AvgIpc) is 2.63. The second-order valence-electron chi connectivity index (χ2n) is 5.72. The Bertz CT molecular complexity index is 1140. The maximum atomic E-state index is 14.4. The third-order valence-electron chi connectivity index (χ3n) is 3.77. The maximum Gasteiger partial charge on any atom is 0.431 e. The topological polar surface area (TPSA) is 79.5 Å². The van der Waals surface area contributed by atoms with E-state index < -0.39 is 39.7 Å². The molecular weight excluding hydrogens is 456 g/mol. The Hall–Kier alpha value is -2.73. The van der Waals surface area contributed by atoms with E-state index in [4.69, 9.17) is 21.1 Å². The van der Waals surface area contributed by atoms with Crippen LogP contribution in [-0.2, 0) is 22.8 Å². The normalized spacial score (nSPS) is 12.1. The van der Waals surface area contributed by atoms with E-state index in [9.17, 15) is 31.9 Å². The minimum atomic E-state index is -4.97. The molecule has 2 aromatic rings. The van der Waals surface area contributed by atoms with Gasteiger partial charge in [-0.3, -0.25) is 14.2 Å². The second kappa shape index (κ2) is 8.96. The Morgan fingerprint density at radius 2 is 1.90 bits per heavy atom. The first-order valence-electron chi connectivity index (χ1n) is 7.86. The molecule has 1 heterocycles. The summed E-state index contributed by atoms with van der Waals surface area (Å²) in [5, 5.41) is -0.901. The Morgan fingerprint density at radius 1 is 1.27 bits per heavy atom. The molecule has 0 amide bonds. The van der Waals surface area contributed by atoms with Gasteiger partial charge in [-0.2, -0.15) is 13.2 Å². The molecule has 0 unspecified atom stereocenters. The number of benzene rings is 1. The summed E-state index contributed by atoms with van der Waals surface area (Å²) >= 11 is 9.44. The van der Waals surface area contributed by atoms with Crippen LogP contribution in [0.3, 0.4) is 0 Å². The average molecular weight is 469 g/mol. The Kier molecular flexibility index (Phi) is 7.03. The van der Waals surface area contributed by atoms with Crippen molar-refractivity contribution in [3.8, 4) is 11.4 Å². The third kappa shape index (κ3) is 5.05. The number of alkyl halides is 3. The van der Waals surface area contributed by atoms with Crippen LogP contribution < -0.4 is 16.0 Å². The molecule has 0 aliphatic heterocycles. The first kappa shape index (κ1) is 23.5. The van der Waals surface area contributed by atoms with Crippen molar-refractivity contribution in [3.05, 3.63) is 67.4 Å². The molecule has 162 valence electrons. The highest BCUT2D eigenvalue weighted by Crippen LogP contribution is 2.30. The number of carbonyl (C=O) groups is 1. The molecule has 0 radical (unpaired) electrons. The van der Waals surface area contributed by atoms with E-state index in [1.807, 2.05) is 0 Å². The van der Waals surface area contributed by atoms with E-state index in [0.717, 1.165) is 25.3 Å². The first-order chi connectivity index (χ1) is 13.9. The molecule has 0 aliphatic carbocycles. The molecule has 0 saturated heterocycles. The third-order valence-corrected chi connectivity index (χ3v) is 4.19. The molecule has 1 aromatic carbocycles. The number of halogens is 5. The van der Waals surface area contributed by atoms with Crippen LogP contribution in [0.5, 0.6) is 5.75 Å². The highest BCUT2D eigenvalue weighted by atomic mass is 35.5. The molecule has 0 aliphatic rings. The number of thiol groups is 1. The molecule has 0 atom stereocenters. The molecule has 0 fully saturated rings. The zero-order valence-corrected chi connectivity index (χ0v) is 16.9. The molecule has 7 nitrogen and oxygen atoms in total. The predicted octanol–water partition coefficient (Wildman–Crippen LogP) is 2.71. The van der Waals surface area contributed by atoms with Gasteiger partial charge in [0.2, 0.25) is 5.12 Å². The number of hydrogen-bond acceptors (Lipinski definition) is 5. The van der Waals surface area contributed by atoms with Crippen LogP contribution in [0, 0.1) is 5.82 Å². The van der Waals surface area contributed by atoms with Gasteiger partial charge in [0.15, 0.2) is 0 Å². The fraction of sp³-hybridized carbons (Fsp3) is 0.235. The van der Waals surface area contributed by atoms with E-state index in [1.54, 1.807) is 0 Å². The van der Waals surface area contributed by atoms with Crippen molar-refractivity contribution >= 4 is 29.3 Å². The van der Waals surface area contributed by atoms with E-state index in [2.05, 4.69) is 12.6 Å². The SMILES string of the molecule is CO/C(=C/C(=O)S)COc1cc(-n2c(=O)cc(C(F)(F)F)n(C)c2=O)c(F)cc1Cl. The monoisotopic (exact) mass is 468 g/mol. The van der Waals surface area contributed by atoms with Crippen molar-refractivity contribution < 1.29 is 31.8 Å². The van der Waals surface area contributed by atoms with Crippen LogP contribution in [-0.4, -0.2) is 28.0 Å². The molecule has 2 rings (SSSR count). The molecular formula is C17H13ClF4N2O5S. The number of nitrogens with zero attached hydrogens (tertiary/aromatic N) is 2. The Balaban J connectivity index is 2.58. The zero-order valence-electron chi connectivity index (χ0n) is 15.3. The minimum Gasteiger partial charge on any atom is -0.497 e. The Morgan fingerprint density at radius 3 is 2.43 bits per heavy atom. The molecule has 0 saturated carbocycles. The Labute approximate surface area is 176 Å². The second-order valence-corrected chi connectivity index (χ2v) is 6.57. The van der Waals surface area contributed by atoms with Crippen LogP contribution in [0.15, 0.2) is 39.6 Å². The fourth-order valence-electron chi connectivity index (χ4n) is 2.37. The highest BCUT2D eigenvalue weighted by Gasteiger charge is 2.35. The quantitative estimate of drug-likeness (QED) is 0.305. The molecule has 0 bridgehead atoms. The summed E-state index contributed by atoms with van der Waals surface area (Å²) in [5.74, 6) is -1.35. The molecule has 30 heavy (non-hydrogen) atoms. The van der Waals surface area contributed by atoms with Crippen LogP contribution >= 0.6 is 24.2 Å². The van der Waals surface area contributed by atoms with Gasteiger partial charge in [-0.15, -0.1) is 12.6 Å². The molecule has 1 aromatic heterocycles. The van der Waals surface area contributed by atoms with E-state index >= 15 is 0 Å². The van der Waals surface area contributed by atoms with Crippen molar-refractivity contribution in [1.82, 2.24) is 9.13 Å². The number of ether oxygens (including phenoxy) is 2. The molecule has 0 N–H and O–H groups in total. The van der Waals surface area contributed by atoms with Crippen molar-refractivity contribution in [2.75, 3.05) is 13.7 Å². The zero-order chi connectivity index (χ0) is 22.8. The van der Waals surface area contributed by atoms with Crippen LogP contribution in [0.2, 0.25) is 5.02 Å². The van der Waals surface area contributed by atoms with Crippen molar-refractivity contribution in [3.63, 3.8) is 0 Å². The lowest BCUT2D eigenvalue weighted by molar-refractivity contribution is -0.144. The van der Waals surface area contributed by atoms with Gasteiger partial charge in [-0.05, 0) is 6.07 Å². The van der Waals surface area contributed by atoms with Crippen LogP contribution in [0.1, 0.15) is 5.69 Å². The fourth-order valence-corrected chi connectivity index (χ4v) is 2.71. The van der Waals surface area contributed by atoms with Crippen LogP contribution in [0.4, 0.5) is 17.6 Å². The van der Waals surface area contributed by atoms with Gasteiger partial charge < -0.3 is 9.47 Å². The van der Waals surface area contributed by atoms with Gasteiger partial charge in [-0.1, -0.05) is 11.6 Å². The number of carbonyl (C=O) groups excluding carboxylic acids is 1. The number of rotatable bonds is 6. The number of hydrogen-bond donors (Lipinski definition) is 1. The standard InChI is InChI=1S/C17H13ClF4N2O5S/c1-23-13(17(20,21)22)6-14(25)24(16(23)27)11-5-12(9(18)4-10(11)19)29-7-8(28-2)3-15(26)30/h3-6H,7H2,1-2H3,(H,26,30)/b8-3+. The molecule has 13 heteroatoms. The summed E-state index contributed by atoms with van der Waals surface area (Å²) in [7, 11) is 2.03. The van der Waals surface area contributed by atoms with Crippen molar-refractivity contribution in [1.29, 1.82) is 0 Å². The highest BCUT2D eigenvalue weighted by molar-refractivity contribution is 7.97. The summed E-state index contributed by atoms with van der Waals surface area (Å²) in [6.45, 7) is -0.354. The lowest BCUT2D eigenvalue weighted by Gasteiger charge is -2.16. The number of aromatic nitrogens is 2. The minimum absolute atomic E-state index is 0.0274. The summed E-state index contributed by atoms with van der Waals surface area (Å²) < 4.78 is 63.9. The summed E-state index contributed by atoms with van der Waals surface area (Å²) in [6.07, 6.45) is -3.97. The van der Waals surface area contributed by atoms with Crippen LogP contribution in [0.25, 0.3) is 5.69 Å². The van der Waals surface area contributed by atoms with Gasteiger partial charge in [-0.25, -0.2) is 13.8 Å². The summed E-state index contributed by atoms with van der Waals surface area (Å²) in [4.78, 5) is 35.5. The van der Waals surface area contributed by atoms with E-state index in [1.165, 1.54) is 7.11 Å². The van der Waals surface area contributed by atoms with Gasteiger partial charge in [0.25, 0.3) is 5.56 Å². The van der Waals surface area contributed by atoms with Crippen molar-refractivity contribution in [2.24, 2.45) is 7.05 Å². The lowest BCUT2D eigenvalue weighted by Crippen LogP contribution is -2.41. The van der Waals surface area contributed by atoms with E-state index in [-0.39, 0.29) is 38.3 Å². The molecule has 0 spiro atoms. The predicted molar refractivity (Wildman–Crippen MR) is 102 cm³/mol.